The normalized spacial score (nSPS) is 14.3. The molecule has 126 valence electrons. The highest BCUT2D eigenvalue weighted by atomic mass is 28.5. The van der Waals surface area contributed by atoms with Crippen LogP contribution in [0.5, 0.6) is 0 Å². The fourth-order valence-corrected chi connectivity index (χ4v) is 13.9. The molecule has 0 radical (unpaired) electrons. The summed E-state index contributed by atoms with van der Waals surface area (Å²) in [5, 5.41) is 0.548. The lowest BCUT2D eigenvalue weighted by Gasteiger charge is -2.38. The van der Waals surface area contributed by atoms with Gasteiger partial charge in [-0.15, -0.1) is 0 Å². The first kappa shape index (κ1) is 19.6. The van der Waals surface area contributed by atoms with Crippen molar-refractivity contribution in [2.24, 2.45) is 0 Å². The summed E-state index contributed by atoms with van der Waals surface area (Å²) in [4.78, 5) is 0. The minimum absolute atomic E-state index is 0.548. The Kier molecular flexibility index (Phi) is 5.56. The van der Waals surface area contributed by atoms with E-state index in [4.69, 9.17) is 8.23 Å². The van der Waals surface area contributed by atoms with Crippen LogP contribution >= 0.6 is 0 Å². The molecule has 22 heavy (non-hydrogen) atoms. The van der Waals surface area contributed by atoms with Crippen molar-refractivity contribution in [2.45, 2.75) is 52.0 Å². The molecule has 0 saturated heterocycles. The van der Waals surface area contributed by atoms with Crippen molar-refractivity contribution in [1.82, 2.24) is 0 Å². The summed E-state index contributed by atoms with van der Waals surface area (Å²) in [6, 6.07) is 5.40. The molecule has 8 heteroatoms. The van der Waals surface area contributed by atoms with E-state index in [2.05, 4.69) is 0 Å². The predicted octanol–water partition coefficient (Wildman–Crippen LogP) is 4.69. The predicted molar refractivity (Wildman–Crippen MR) is 91.6 cm³/mol. The van der Waals surface area contributed by atoms with Gasteiger partial charge < -0.3 is 8.23 Å². The Labute approximate surface area is 134 Å². The molecule has 1 rings (SSSR count). The average Bonchev–Trinajstić information content (AvgIpc) is 2.22. The molecule has 0 aliphatic carbocycles. The van der Waals surface area contributed by atoms with Crippen LogP contribution in [-0.4, -0.2) is 25.2 Å². The smallest absolute Gasteiger partial charge is 0.416 e. The van der Waals surface area contributed by atoms with Gasteiger partial charge in [-0.05, 0) is 57.1 Å². The van der Waals surface area contributed by atoms with Crippen LogP contribution in [0.25, 0.3) is 0 Å². The van der Waals surface area contributed by atoms with Gasteiger partial charge in [-0.2, -0.15) is 13.2 Å². The van der Waals surface area contributed by atoms with Gasteiger partial charge in [-0.3, -0.25) is 0 Å². The molecule has 1 aromatic carbocycles. The lowest BCUT2D eigenvalue weighted by Crippen LogP contribution is -2.60. The van der Waals surface area contributed by atoms with Gasteiger partial charge in [0.25, 0.3) is 0 Å². The van der Waals surface area contributed by atoms with E-state index in [1.54, 1.807) is 6.07 Å². The maximum Gasteiger partial charge on any atom is 0.416 e. The maximum atomic E-state index is 13.0. The summed E-state index contributed by atoms with van der Waals surface area (Å²) in [6.07, 6.45) is -4.36. The Balaban J connectivity index is 3.33. The molecule has 0 bridgehead atoms. The van der Waals surface area contributed by atoms with Crippen molar-refractivity contribution < 1.29 is 21.4 Å². The second kappa shape index (κ2) is 6.23. The van der Waals surface area contributed by atoms with E-state index in [0.717, 1.165) is 6.07 Å². The van der Waals surface area contributed by atoms with Gasteiger partial charge in [0.1, 0.15) is 0 Å². The molecule has 1 aromatic rings. The van der Waals surface area contributed by atoms with Crippen LogP contribution in [0.3, 0.4) is 0 Å². The summed E-state index contributed by atoms with van der Waals surface area (Å²) in [5.74, 6) is 0. The van der Waals surface area contributed by atoms with Crippen LogP contribution in [0.2, 0.25) is 45.8 Å². The summed E-state index contributed by atoms with van der Waals surface area (Å²) in [6.45, 7) is 14.0. The highest BCUT2D eigenvalue weighted by molar-refractivity contribution is 6.94. The third-order valence-corrected chi connectivity index (χ3v) is 12.1. The van der Waals surface area contributed by atoms with Gasteiger partial charge in [-0.25, -0.2) is 0 Å². The lowest BCUT2D eigenvalue weighted by molar-refractivity contribution is -0.137. The highest BCUT2D eigenvalue weighted by Crippen LogP contribution is 2.29. The number of alkyl halides is 3. The monoisotopic (exact) mass is 366 g/mol. The van der Waals surface area contributed by atoms with Gasteiger partial charge in [0.15, 0.2) is 16.6 Å². The van der Waals surface area contributed by atoms with Crippen molar-refractivity contribution in [3.05, 3.63) is 29.8 Å². The van der Waals surface area contributed by atoms with Crippen molar-refractivity contribution in [2.75, 3.05) is 0 Å². The zero-order valence-electron chi connectivity index (χ0n) is 14.3. The third-order valence-electron chi connectivity index (χ3n) is 2.72. The topological polar surface area (TPSA) is 18.5 Å². The first-order valence-corrected chi connectivity index (χ1v) is 16.3. The maximum absolute atomic E-state index is 13.0. The van der Waals surface area contributed by atoms with Crippen molar-refractivity contribution in [3.63, 3.8) is 0 Å². The SMILES string of the molecule is C[Si](C)(C)O[Si](C)(O[Si](C)(C)C)c1cccc(C(F)(F)F)c1. The average molecular weight is 367 g/mol. The van der Waals surface area contributed by atoms with E-state index >= 15 is 0 Å². The Bertz CT molecular complexity index is 503. The number of hydrogen-bond acceptors (Lipinski definition) is 2. The second-order valence-corrected chi connectivity index (χ2v) is 20.0. The molecule has 0 aliphatic rings. The van der Waals surface area contributed by atoms with Gasteiger partial charge in [0.05, 0.1) is 5.56 Å². The van der Waals surface area contributed by atoms with E-state index in [-0.39, 0.29) is 0 Å². The number of halogens is 3. The van der Waals surface area contributed by atoms with Crippen molar-refractivity contribution in [3.8, 4) is 0 Å². The van der Waals surface area contributed by atoms with Crippen LogP contribution in [0.1, 0.15) is 5.56 Å². The van der Waals surface area contributed by atoms with Gasteiger partial charge in [0, 0.05) is 0 Å². The fraction of sp³-hybridized carbons (Fsp3) is 0.571. The summed E-state index contributed by atoms with van der Waals surface area (Å²) in [5.41, 5.74) is -0.651. The molecule has 0 fully saturated rings. The highest BCUT2D eigenvalue weighted by Gasteiger charge is 2.43. The standard InChI is InChI=1S/C14H25F3O2Si3/c1-20(2,3)18-22(7,19-21(4,5)6)13-10-8-9-12(11-13)14(15,16)17/h8-11H,1-7H3. The first-order valence-electron chi connectivity index (χ1n) is 7.20. The van der Waals surface area contributed by atoms with Crippen molar-refractivity contribution in [1.29, 1.82) is 0 Å². The zero-order valence-corrected chi connectivity index (χ0v) is 17.3. The Hall–Kier alpha value is -0.419. The van der Waals surface area contributed by atoms with Gasteiger partial charge >= 0.3 is 14.7 Å². The minimum atomic E-state index is -4.36. The molecule has 0 amide bonds. The van der Waals surface area contributed by atoms with Crippen LogP contribution in [0.4, 0.5) is 13.2 Å². The Morgan fingerprint density at radius 3 is 1.64 bits per heavy atom. The molecule has 0 aromatic heterocycles. The zero-order chi connectivity index (χ0) is 17.4. The fourth-order valence-electron chi connectivity index (χ4n) is 2.29. The van der Waals surface area contributed by atoms with E-state index in [0.29, 0.717) is 5.19 Å². The van der Waals surface area contributed by atoms with E-state index in [1.165, 1.54) is 12.1 Å². The largest absolute Gasteiger partial charge is 0.433 e. The van der Waals surface area contributed by atoms with Crippen LogP contribution in [0.15, 0.2) is 24.3 Å². The van der Waals surface area contributed by atoms with Gasteiger partial charge in [-0.1, -0.05) is 18.2 Å². The minimum Gasteiger partial charge on any atom is -0.433 e. The van der Waals surface area contributed by atoms with Crippen molar-refractivity contribution >= 4 is 30.4 Å². The van der Waals surface area contributed by atoms with Gasteiger partial charge in [0.2, 0.25) is 0 Å². The molecule has 0 spiro atoms. The quantitative estimate of drug-likeness (QED) is 0.704. The third kappa shape index (κ3) is 5.99. The Morgan fingerprint density at radius 2 is 1.27 bits per heavy atom. The summed E-state index contributed by atoms with van der Waals surface area (Å²) in [7, 11) is -6.80. The molecule has 0 N–H and O–H groups in total. The van der Waals surface area contributed by atoms with Crippen LogP contribution < -0.4 is 5.19 Å². The molecule has 0 saturated carbocycles. The molecule has 0 heterocycles. The Morgan fingerprint density at radius 1 is 0.818 bits per heavy atom. The molecular weight excluding hydrogens is 341 g/mol. The first-order chi connectivity index (χ1) is 9.62. The molecule has 0 atom stereocenters. The summed E-state index contributed by atoms with van der Waals surface area (Å²) < 4.78 is 51.5. The number of hydrogen-bond donors (Lipinski definition) is 0. The van der Waals surface area contributed by atoms with Crippen LogP contribution in [-0.2, 0) is 14.4 Å². The second-order valence-electron chi connectivity index (χ2n) is 7.45. The van der Waals surface area contributed by atoms with E-state index < -0.39 is 36.9 Å². The van der Waals surface area contributed by atoms with Crippen LogP contribution in [0, 0.1) is 0 Å². The molecule has 2 nitrogen and oxygen atoms in total. The molecular formula is C14H25F3O2Si3. The number of rotatable bonds is 5. The van der Waals surface area contributed by atoms with E-state index in [9.17, 15) is 13.2 Å². The summed E-state index contributed by atoms with van der Waals surface area (Å²) >= 11 is 0. The molecule has 0 aliphatic heterocycles. The number of benzene rings is 1. The lowest BCUT2D eigenvalue weighted by atomic mass is 10.2. The van der Waals surface area contributed by atoms with E-state index in [1.807, 2.05) is 45.8 Å². The molecule has 0 unspecified atom stereocenters.